The Hall–Kier alpha value is -4.10. The number of methoxy groups -OCH3 is 1. The Balaban J connectivity index is 1.68. The third kappa shape index (κ3) is 4.47. The minimum Gasteiger partial charge on any atom is -0.492 e. The molecule has 1 aromatic heterocycles. The molecule has 7 nitrogen and oxygen atoms in total. The van der Waals surface area contributed by atoms with Gasteiger partial charge in [0.2, 0.25) is 5.91 Å². The smallest absolute Gasteiger partial charge is 0.254 e. The second-order valence-electron chi connectivity index (χ2n) is 9.13. The van der Waals surface area contributed by atoms with Crippen LogP contribution in [0.5, 0.6) is 5.75 Å². The summed E-state index contributed by atoms with van der Waals surface area (Å²) in [6.07, 6.45) is 2.03. The molecule has 2 heterocycles. The first-order valence-electron chi connectivity index (χ1n) is 12.5. The van der Waals surface area contributed by atoms with Crippen molar-refractivity contribution in [3.05, 3.63) is 95.7 Å². The number of rotatable bonds is 8. The number of amides is 2. The van der Waals surface area contributed by atoms with Crippen LogP contribution in [0.3, 0.4) is 0 Å². The van der Waals surface area contributed by atoms with Crippen LogP contribution >= 0.6 is 0 Å². The number of nitrogens with zero attached hydrogens (tertiary/aromatic N) is 2. The lowest BCUT2D eigenvalue weighted by atomic mass is 9.79. The number of aromatic nitrogens is 1. The van der Waals surface area contributed by atoms with Gasteiger partial charge in [0, 0.05) is 48.9 Å². The van der Waals surface area contributed by atoms with Crippen LogP contribution in [0.4, 0.5) is 5.69 Å². The molecule has 0 saturated heterocycles. The van der Waals surface area contributed by atoms with Crippen LogP contribution in [0.25, 0.3) is 10.9 Å². The van der Waals surface area contributed by atoms with Crippen molar-refractivity contribution in [2.24, 2.45) is 7.05 Å². The molecule has 0 unspecified atom stereocenters. The van der Waals surface area contributed by atoms with Gasteiger partial charge in [-0.15, -0.1) is 0 Å². The Labute approximate surface area is 216 Å². The highest BCUT2D eigenvalue weighted by Gasteiger charge is 2.45. The highest BCUT2D eigenvalue weighted by atomic mass is 16.5. The first-order chi connectivity index (χ1) is 18.0. The van der Waals surface area contributed by atoms with Gasteiger partial charge in [-0.05, 0) is 36.8 Å². The fraction of sp³-hybridized carbons (Fsp3) is 0.267. The van der Waals surface area contributed by atoms with E-state index in [1.807, 2.05) is 91.5 Å². The maximum Gasteiger partial charge on any atom is 0.254 e. The van der Waals surface area contributed by atoms with Crippen molar-refractivity contribution in [3.63, 3.8) is 0 Å². The second kappa shape index (κ2) is 10.5. The summed E-state index contributed by atoms with van der Waals surface area (Å²) >= 11 is 0. The molecule has 0 aliphatic carbocycles. The van der Waals surface area contributed by atoms with E-state index in [1.165, 1.54) is 0 Å². The number of para-hydroxylation sites is 3. The maximum atomic E-state index is 14.2. The number of hydrogen-bond donors (Lipinski definition) is 1. The van der Waals surface area contributed by atoms with Crippen molar-refractivity contribution in [3.8, 4) is 5.75 Å². The van der Waals surface area contributed by atoms with E-state index in [1.54, 1.807) is 18.1 Å². The molecule has 0 spiro atoms. The zero-order valence-electron chi connectivity index (χ0n) is 21.3. The first-order valence-corrected chi connectivity index (χ1v) is 12.5. The minimum absolute atomic E-state index is 0.107. The SMILES string of the molecule is CCOc1ccccc1NC(=O)[C@H]1c2ccccc2C(=O)N(CCOC)[C@@H]1c1cn(C)c2ccccc12. The van der Waals surface area contributed by atoms with Gasteiger partial charge in [-0.2, -0.15) is 0 Å². The molecular formula is C30H31N3O4. The van der Waals surface area contributed by atoms with Crippen molar-refractivity contribution in [1.82, 2.24) is 9.47 Å². The fourth-order valence-electron chi connectivity index (χ4n) is 5.33. The Bertz CT molecular complexity index is 1440. The average Bonchev–Trinajstić information content (AvgIpc) is 3.25. The minimum atomic E-state index is -0.647. The molecule has 1 N–H and O–H groups in total. The number of carbonyl (C=O) groups excluding carboxylic acids is 2. The second-order valence-corrected chi connectivity index (χ2v) is 9.13. The summed E-state index contributed by atoms with van der Waals surface area (Å²) in [5.41, 5.74) is 3.81. The first kappa shape index (κ1) is 24.6. The molecule has 0 radical (unpaired) electrons. The zero-order valence-corrected chi connectivity index (χ0v) is 21.3. The predicted octanol–water partition coefficient (Wildman–Crippen LogP) is 5.14. The van der Waals surface area contributed by atoms with Crippen LogP contribution in [0.15, 0.2) is 79.0 Å². The summed E-state index contributed by atoms with van der Waals surface area (Å²) in [6.45, 7) is 3.11. The van der Waals surface area contributed by atoms with E-state index in [0.29, 0.717) is 42.3 Å². The number of aryl methyl sites for hydroxylation is 1. The molecule has 1 aliphatic heterocycles. The van der Waals surface area contributed by atoms with Gasteiger partial charge in [-0.25, -0.2) is 0 Å². The molecule has 1 aliphatic rings. The molecule has 7 heteroatoms. The lowest BCUT2D eigenvalue weighted by molar-refractivity contribution is -0.119. The molecule has 0 bridgehead atoms. The third-order valence-electron chi connectivity index (χ3n) is 6.95. The number of fused-ring (bicyclic) bond motifs is 2. The summed E-state index contributed by atoms with van der Waals surface area (Å²) in [5.74, 6) is -0.348. The lowest BCUT2D eigenvalue weighted by Gasteiger charge is -2.41. The molecule has 0 saturated carbocycles. The van der Waals surface area contributed by atoms with Crippen LogP contribution in [0, 0.1) is 0 Å². The van der Waals surface area contributed by atoms with Gasteiger partial charge in [0.1, 0.15) is 5.75 Å². The largest absolute Gasteiger partial charge is 0.492 e. The number of nitrogens with one attached hydrogen (secondary N) is 1. The topological polar surface area (TPSA) is 72.8 Å². The van der Waals surface area contributed by atoms with Crippen LogP contribution in [-0.2, 0) is 16.6 Å². The summed E-state index contributed by atoms with van der Waals surface area (Å²) in [7, 11) is 3.60. The van der Waals surface area contributed by atoms with Crippen molar-refractivity contribution in [2.45, 2.75) is 18.9 Å². The molecule has 3 aromatic carbocycles. The quantitative estimate of drug-likeness (QED) is 0.366. The monoisotopic (exact) mass is 497 g/mol. The van der Waals surface area contributed by atoms with E-state index >= 15 is 0 Å². The maximum absolute atomic E-state index is 14.2. The van der Waals surface area contributed by atoms with Crippen LogP contribution in [-0.4, -0.2) is 48.1 Å². The normalized spacial score (nSPS) is 17.1. The van der Waals surface area contributed by atoms with Crippen molar-refractivity contribution < 1.29 is 19.1 Å². The van der Waals surface area contributed by atoms with E-state index in [0.717, 1.165) is 16.5 Å². The molecule has 2 atom stereocenters. The zero-order chi connectivity index (χ0) is 25.9. The van der Waals surface area contributed by atoms with Crippen LogP contribution in [0.2, 0.25) is 0 Å². The Morgan fingerprint density at radius 1 is 0.973 bits per heavy atom. The van der Waals surface area contributed by atoms with E-state index in [-0.39, 0.29) is 11.8 Å². The van der Waals surface area contributed by atoms with Crippen molar-refractivity contribution in [2.75, 3.05) is 32.2 Å². The molecular weight excluding hydrogens is 466 g/mol. The summed E-state index contributed by atoms with van der Waals surface area (Å²) < 4.78 is 13.2. The Morgan fingerprint density at radius 2 is 1.70 bits per heavy atom. The molecule has 5 rings (SSSR count). The summed E-state index contributed by atoms with van der Waals surface area (Å²) in [6, 6.07) is 22.4. The van der Waals surface area contributed by atoms with Crippen molar-refractivity contribution in [1.29, 1.82) is 0 Å². The van der Waals surface area contributed by atoms with E-state index < -0.39 is 12.0 Å². The Kier molecular flexibility index (Phi) is 6.97. The van der Waals surface area contributed by atoms with Gasteiger partial charge in [0.05, 0.1) is 30.9 Å². The van der Waals surface area contributed by atoms with Gasteiger partial charge < -0.3 is 24.3 Å². The molecule has 4 aromatic rings. The number of anilines is 1. The summed E-state index contributed by atoms with van der Waals surface area (Å²) in [5, 5.41) is 4.12. The third-order valence-corrected chi connectivity index (χ3v) is 6.95. The fourth-order valence-corrected chi connectivity index (χ4v) is 5.33. The Morgan fingerprint density at radius 3 is 2.51 bits per heavy atom. The average molecular weight is 498 g/mol. The van der Waals surface area contributed by atoms with Crippen molar-refractivity contribution >= 4 is 28.4 Å². The highest BCUT2D eigenvalue weighted by Crippen LogP contribution is 2.45. The van der Waals surface area contributed by atoms with Gasteiger partial charge in [-0.3, -0.25) is 9.59 Å². The van der Waals surface area contributed by atoms with E-state index in [9.17, 15) is 9.59 Å². The summed E-state index contributed by atoms with van der Waals surface area (Å²) in [4.78, 5) is 29.8. The van der Waals surface area contributed by atoms with E-state index in [2.05, 4.69) is 5.32 Å². The van der Waals surface area contributed by atoms with Crippen LogP contribution in [0.1, 0.15) is 40.4 Å². The van der Waals surface area contributed by atoms with Crippen LogP contribution < -0.4 is 10.1 Å². The molecule has 2 amide bonds. The lowest BCUT2D eigenvalue weighted by Crippen LogP contribution is -2.47. The number of benzene rings is 3. The molecule has 0 fully saturated rings. The molecule has 37 heavy (non-hydrogen) atoms. The van der Waals surface area contributed by atoms with E-state index in [4.69, 9.17) is 9.47 Å². The van der Waals surface area contributed by atoms with Gasteiger partial charge in [-0.1, -0.05) is 48.5 Å². The standard InChI is InChI=1S/C30H31N3O4/c1-4-37-26-16-10-8-14-24(26)31-29(34)27-21-12-5-6-13-22(21)30(35)33(17-18-36-3)28(27)23-19-32(2)25-15-9-7-11-20(23)25/h5-16,19,27-28H,4,17-18H2,1-3H3,(H,31,34)/t27-,28+/m0/s1. The van der Waals surface area contributed by atoms with Gasteiger partial charge >= 0.3 is 0 Å². The number of carbonyl (C=O) groups is 2. The van der Waals surface area contributed by atoms with Gasteiger partial charge in [0.15, 0.2) is 0 Å². The highest BCUT2D eigenvalue weighted by molar-refractivity contribution is 6.05. The predicted molar refractivity (Wildman–Crippen MR) is 144 cm³/mol. The van der Waals surface area contributed by atoms with Gasteiger partial charge in [0.25, 0.3) is 5.91 Å². The molecule has 190 valence electrons. The number of ether oxygens (including phenoxy) is 2. The number of hydrogen-bond acceptors (Lipinski definition) is 4.